The van der Waals surface area contributed by atoms with Crippen LogP contribution in [0.2, 0.25) is 0 Å². The van der Waals surface area contributed by atoms with Gasteiger partial charge in [-0.25, -0.2) is 0 Å². The monoisotopic (exact) mass is 575 g/mol. The number of alkyl halides is 18. The van der Waals surface area contributed by atoms with Crippen molar-refractivity contribution in [2.45, 2.75) is 37.1 Å². The number of hydrogen-bond acceptors (Lipinski definition) is 0. The first-order valence-electron chi connectivity index (χ1n) is 9.21. The second kappa shape index (κ2) is 8.92. The van der Waals surface area contributed by atoms with Crippen LogP contribution in [0.4, 0.5) is 79.0 Å². The van der Waals surface area contributed by atoms with Crippen molar-refractivity contribution in [3.05, 3.63) is 57.6 Å². The van der Waals surface area contributed by atoms with Crippen LogP contribution in [0.5, 0.6) is 0 Å². The van der Waals surface area contributed by atoms with Gasteiger partial charge >= 0.3 is 37.1 Å². The second-order valence-corrected chi connectivity index (χ2v) is 7.63. The highest BCUT2D eigenvalue weighted by Crippen LogP contribution is 2.42. The minimum absolute atomic E-state index is 0.932. The first kappa shape index (κ1) is 30.5. The normalized spacial score (nSPS) is 14.3. The molecule has 208 valence electrons. The molecule has 0 aliphatic rings. The summed E-state index contributed by atoms with van der Waals surface area (Å²) < 4.78 is 239. The molecular weight excluding hydrogens is 569 g/mol. The highest BCUT2D eigenvalue weighted by Gasteiger charge is 2.46. The SMILES string of the molecule is FC(F)(F)c1cc(C(F)(F)F)c([BH2-]c2c(C(F)(F)F)cc(C(F)(F)F)cc2C(F)(F)F)c(C(F)(F)F)c1. The van der Waals surface area contributed by atoms with Crippen LogP contribution in [-0.2, 0) is 37.1 Å². The van der Waals surface area contributed by atoms with Gasteiger partial charge in [-0.2, -0.15) is 90.0 Å². The van der Waals surface area contributed by atoms with Crippen LogP contribution in [-0.4, -0.2) is 7.28 Å². The molecule has 0 aliphatic heterocycles. The van der Waals surface area contributed by atoms with E-state index in [1.165, 1.54) is 0 Å². The van der Waals surface area contributed by atoms with E-state index >= 15 is 0 Å². The van der Waals surface area contributed by atoms with E-state index in [-0.39, 0.29) is 0 Å². The van der Waals surface area contributed by atoms with E-state index in [1.54, 1.807) is 0 Å². The zero-order chi connectivity index (χ0) is 29.2. The fourth-order valence-corrected chi connectivity index (χ4v) is 3.72. The van der Waals surface area contributed by atoms with E-state index in [0.29, 0.717) is 0 Å². The van der Waals surface area contributed by atoms with Crippen LogP contribution in [0, 0.1) is 0 Å². The van der Waals surface area contributed by atoms with Crippen LogP contribution in [0.3, 0.4) is 0 Å². The lowest BCUT2D eigenvalue weighted by atomic mass is 9.57. The predicted molar refractivity (Wildman–Crippen MR) is 90.7 cm³/mol. The Bertz CT molecular complexity index is 993. The van der Waals surface area contributed by atoms with E-state index in [4.69, 9.17) is 0 Å². The number of rotatable bonds is 2. The molecule has 2 aromatic carbocycles. The number of benzene rings is 2. The zero-order valence-corrected chi connectivity index (χ0v) is 17.1. The Morgan fingerprint density at radius 3 is 0.649 bits per heavy atom. The minimum atomic E-state index is -6.15. The van der Waals surface area contributed by atoms with Gasteiger partial charge in [0.15, 0.2) is 0 Å². The summed E-state index contributed by atoms with van der Waals surface area (Å²) in [7, 11) is -4.23. The van der Waals surface area contributed by atoms with Crippen molar-refractivity contribution in [2.75, 3.05) is 0 Å². The van der Waals surface area contributed by atoms with Gasteiger partial charge in [-0.05, 0) is 24.3 Å². The summed E-state index contributed by atoms with van der Waals surface area (Å²) >= 11 is 0. The molecule has 2 aromatic rings. The fraction of sp³-hybridized carbons (Fsp3) is 0.333. The molecule has 0 heterocycles. The topological polar surface area (TPSA) is 0 Å². The van der Waals surface area contributed by atoms with Crippen LogP contribution in [0.15, 0.2) is 24.3 Å². The summed E-state index contributed by atoms with van der Waals surface area (Å²) in [5.74, 6) is 0. The molecule has 19 heteroatoms. The van der Waals surface area contributed by atoms with Gasteiger partial charge in [0.1, 0.15) is 0 Å². The zero-order valence-electron chi connectivity index (χ0n) is 17.1. The lowest BCUT2D eigenvalue weighted by Gasteiger charge is -2.29. The third kappa shape index (κ3) is 6.77. The van der Waals surface area contributed by atoms with Gasteiger partial charge in [-0.1, -0.05) is 0 Å². The van der Waals surface area contributed by atoms with Crippen molar-refractivity contribution in [1.82, 2.24) is 0 Å². The molecule has 0 saturated carbocycles. The van der Waals surface area contributed by atoms with E-state index < -0.39 is 113 Å². The maximum atomic E-state index is 13.5. The van der Waals surface area contributed by atoms with Crippen LogP contribution in [0.1, 0.15) is 33.4 Å². The smallest absolute Gasteiger partial charge is 0.188 e. The first-order chi connectivity index (χ1) is 16.1. The maximum Gasteiger partial charge on any atom is 0.416 e. The lowest BCUT2D eigenvalue weighted by molar-refractivity contribution is -0.149. The Balaban J connectivity index is 3.12. The molecular formula is C18H6BF18-. The van der Waals surface area contributed by atoms with Gasteiger partial charge in [0.05, 0.1) is 11.1 Å². The Morgan fingerprint density at radius 1 is 0.324 bits per heavy atom. The highest BCUT2D eigenvalue weighted by molar-refractivity contribution is 6.69. The standard InChI is InChI=1S/C18H6BF18/c20-13(21,22)5-1-7(15(26,27)28)11(8(2-5)16(29,30)31)19-12-9(17(32,33)34)3-6(14(23,24)25)4-10(12)18(35,36)37/h1-4H,19H2/q-1. The van der Waals surface area contributed by atoms with Crippen LogP contribution < -0.4 is 10.9 Å². The molecule has 0 fully saturated rings. The molecule has 0 radical (unpaired) electrons. The molecule has 2 rings (SSSR count). The molecule has 37 heavy (non-hydrogen) atoms. The van der Waals surface area contributed by atoms with Gasteiger partial charge in [-0.3, -0.25) is 0 Å². The average Bonchev–Trinajstić information content (AvgIpc) is 2.62. The van der Waals surface area contributed by atoms with E-state index in [1.807, 2.05) is 0 Å². The summed E-state index contributed by atoms with van der Waals surface area (Å²) in [6, 6.07) is -3.73. The summed E-state index contributed by atoms with van der Waals surface area (Å²) in [5.41, 5.74) is -21.2. The van der Waals surface area contributed by atoms with Gasteiger partial charge < -0.3 is 0 Å². The molecule has 0 bridgehead atoms. The second-order valence-electron chi connectivity index (χ2n) is 7.63. The largest absolute Gasteiger partial charge is 0.416 e. The van der Waals surface area contributed by atoms with Crippen molar-refractivity contribution < 1.29 is 79.0 Å². The van der Waals surface area contributed by atoms with Gasteiger partial charge in [0.25, 0.3) is 0 Å². The summed E-state index contributed by atoms with van der Waals surface area (Å²) in [5, 5.41) is 0. The first-order valence-corrected chi connectivity index (χ1v) is 9.21. The summed E-state index contributed by atoms with van der Waals surface area (Å²) in [6.07, 6.45) is -36.3. The Labute approximate surface area is 193 Å². The molecule has 0 atom stereocenters. The van der Waals surface area contributed by atoms with Gasteiger partial charge in [0, 0.05) is 29.5 Å². The van der Waals surface area contributed by atoms with Gasteiger partial charge in [-0.15, -0.1) is 0 Å². The minimum Gasteiger partial charge on any atom is -0.188 e. The third-order valence-electron chi connectivity index (χ3n) is 5.19. The van der Waals surface area contributed by atoms with Crippen molar-refractivity contribution in [1.29, 1.82) is 0 Å². The summed E-state index contributed by atoms with van der Waals surface area (Å²) in [4.78, 5) is 0. The molecule has 0 aromatic heterocycles. The molecule has 0 saturated heterocycles. The van der Waals surface area contributed by atoms with Crippen LogP contribution in [0.25, 0.3) is 0 Å². The molecule has 0 nitrogen and oxygen atoms in total. The van der Waals surface area contributed by atoms with Gasteiger partial charge in [0.2, 0.25) is 0 Å². The van der Waals surface area contributed by atoms with Crippen LogP contribution >= 0.6 is 0 Å². The summed E-state index contributed by atoms with van der Waals surface area (Å²) in [6.45, 7) is 0. The third-order valence-corrected chi connectivity index (χ3v) is 5.19. The van der Waals surface area contributed by atoms with Crippen molar-refractivity contribution in [2.24, 2.45) is 0 Å². The predicted octanol–water partition coefficient (Wildman–Crippen LogP) is 6.92. The molecule has 0 amide bonds. The lowest BCUT2D eigenvalue weighted by Crippen LogP contribution is -2.44. The Morgan fingerprint density at radius 2 is 0.514 bits per heavy atom. The molecule has 0 unspecified atom stereocenters. The van der Waals surface area contributed by atoms with E-state index in [0.717, 1.165) is 0 Å². The quantitative estimate of drug-likeness (QED) is 0.270. The van der Waals surface area contributed by atoms with E-state index in [2.05, 4.69) is 0 Å². The fourth-order valence-electron chi connectivity index (χ4n) is 3.72. The van der Waals surface area contributed by atoms with Crippen molar-refractivity contribution >= 4 is 18.2 Å². The molecule has 0 spiro atoms. The maximum absolute atomic E-state index is 13.5. The highest BCUT2D eigenvalue weighted by atomic mass is 19.4. The Kier molecular flexibility index (Phi) is 7.35. The van der Waals surface area contributed by atoms with Crippen molar-refractivity contribution in [3.8, 4) is 0 Å². The number of hydrogen-bond donors (Lipinski definition) is 0. The Hall–Kier alpha value is -2.76. The number of halogens is 18. The molecule has 0 aliphatic carbocycles. The van der Waals surface area contributed by atoms with E-state index in [9.17, 15) is 79.0 Å². The van der Waals surface area contributed by atoms with Crippen molar-refractivity contribution in [3.63, 3.8) is 0 Å². The molecule has 0 N–H and O–H groups in total. The average molecular weight is 575 g/mol.